The van der Waals surface area contributed by atoms with E-state index in [0.717, 1.165) is 0 Å². The topological polar surface area (TPSA) is 35.5 Å². The van der Waals surface area contributed by atoms with Gasteiger partial charge in [-0.25, -0.2) is 4.89 Å². The zero-order valence-corrected chi connectivity index (χ0v) is 5.79. The van der Waals surface area contributed by atoms with E-state index in [1.54, 1.807) is 0 Å². The first-order chi connectivity index (χ1) is 3.77. The Balaban J connectivity index is 2.82. The molecule has 0 amide bonds. The van der Waals surface area contributed by atoms with Gasteiger partial charge in [-0.3, -0.25) is 4.79 Å². The third kappa shape index (κ3) is 6.23. The Hall–Kier alpha value is 0.230. The highest BCUT2D eigenvalue weighted by Gasteiger charge is 1.91. The van der Waals surface area contributed by atoms with E-state index in [2.05, 4.69) is 9.22 Å². The summed E-state index contributed by atoms with van der Waals surface area (Å²) in [6, 6.07) is 0. The fourth-order valence-electron chi connectivity index (χ4n) is 0.125. The quantitative estimate of drug-likeness (QED) is 0.266. The van der Waals surface area contributed by atoms with E-state index in [9.17, 15) is 4.79 Å². The lowest BCUT2D eigenvalue weighted by Gasteiger charge is -1.91. The van der Waals surface area contributed by atoms with E-state index in [4.69, 9.17) is 10.7 Å². The molecule has 0 unspecified atom stereocenters. The molecular weight excluding hydrogens is 152 g/mol. The van der Waals surface area contributed by atoms with Crippen LogP contribution in [0.15, 0.2) is 0 Å². The standard InChI is InChI=1S/C3H5ClO3S/c1-3(5)2-6-7-8-4/h2H2,1H3. The molecule has 0 heterocycles. The SMILES string of the molecule is CC(=O)COOSCl. The Labute approximate surface area is 55.9 Å². The second-order valence-corrected chi connectivity index (χ2v) is 1.74. The largest absolute Gasteiger partial charge is 0.297 e. The third-order valence-electron chi connectivity index (χ3n) is 0.336. The van der Waals surface area contributed by atoms with Crippen molar-refractivity contribution >= 4 is 27.7 Å². The van der Waals surface area contributed by atoms with Crippen LogP contribution < -0.4 is 0 Å². The first kappa shape index (κ1) is 8.23. The number of halogens is 1. The van der Waals surface area contributed by atoms with Crippen LogP contribution in [0.25, 0.3) is 0 Å². The normalized spacial score (nSPS) is 9.25. The summed E-state index contributed by atoms with van der Waals surface area (Å²) in [6.45, 7) is 1.34. The number of carbonyl (C=O) groups excluding carboxylic acids is 1. The average molecular weight is 157 g/mol. The highest BCUT2D eigenvalue weighted by atomic mass is 35.7. The van der Waals surface area contributed by atoms with Gasteiger partial charge in [0, 0.05) is 0 Å². The van der Waals surface area contributed by atoms with Crippen LogP contribution in [0.3, 0.4) is 0 Å². The summed E-state index contributed by atoms with van der Waals surface area (Å²) in [5.74, 6) is -0.101. The first-order valence-electron chi connectivity index (χ1n) is 1.83. The Morgan fingerprint density at radius 1 is 1.88 bits per heavy atom. The molecule has 0 fully saturated rings. The smallest absolute Gasteiger partial charge is 0.158 e. The van der Waals surface area contributed by atoms with Crippen molar-refractivity contribution in [2.45, 2.75) is 6.92 Å². The van der Waals surface area contributed by atoms with Gasteiger partial charge >= 0.3 is 0 Å². The molecule has 3 nitrogen and oxygen atoms in total. The Bertz CT molecular complexity index is 76.9. The minimum absolute atomic E-state index is 0.0558. The molecule has 0 aliphatic carbocycles. The van der Waals surface area contributed by atoms with Crippen molar-refractivity contribution < 1.29 is 14.0 Å². The number of ketones is 1. The summed E-state index contributed by atoms with van der Waals surface area (Å²) >= 11 is 0.541. The molecule has 0 radical (unpaired) electrons. The van der Waals surface area contributed by atoms with Crippen molar-refractivity contribution in [1.82, 2.24) is 0 Å². The molecule has 0 aliphatic heterocycles. The van der Waals surface area contributed by atoms with Gasteiger partial charge in [-0.05, 0) is 17.6 Å². The van der Waals surface area contributed by atoms with Gasteiger partial charge in [0.2, 0.25) is 0 Å². The van der Waals surface area contributed by atoms with Crippen LogP contribution in [0.4, 0.5) is 0 Å². The van der Waals surface area contributed by atoms with Crippen LogP contribution in [-0.2, 0) is 14.0 Å². The lowest BCUT2D eigenvalue weighted by atomic mass is 10.5. The molecule has 0 rings (SSSR count). The summed E-state index contributed by atoms with van der Waals surface area (Å²) in [5.41, 5.74) is 0. The molecule has 0 aromatic heterocycles. The fourth-order valence-corrected chi connectivity index (χ4v) is 0.319. The van der Waals surface area contributed by atoms with E-state index >= 15 is 0 Å². The molecule has 0 aliphatic rings. The molecule has 0 saturated heterocycles. The summed E-state index contributed by atoms with van der Waals surface area (Å²) in [4.78, 5) is 14.3. The van der Waals surface area contributed by atoms with Crippen LogP contribution in [0, 0.1) is 0 Å². The second-order valence-electron chi connectivity index (χ2n) is 1.10. The van der Waals surface area contributed by atoms with Gasteiger partial charge in [0.1, 0.15) is 17.9 Å². The number of Topliss-reactive ketones (excluding diaryl/α,β-unsaturated/α-hetero) is 1. The Morgan fingerprint density at radius 2 is 2.50 bits per heavy atom. The summed E-state index contributed by atoms with van der Waals surface area (Å²) < 4.78 is 4.11. The summed E-state index contributed by atoms with van der Waals surface area (Å²) in [7, 11) is 4.94. The zero-order chi connectivity index (χ0) is 6.41. The van der Waals surface area contributed by atoms with Crippen molar-refractivity contribution in [3.63, 3.8) is 0 Å². The number of rotatable bonds is 4. The summed E-state index contributed by atoms with van der Waals surface area (Å²) in [5, 5.41) is 0. The minimum Gasteiger partial charge on any atom is -0.297 e. The molecule has 0 N–H and O–H groups in total. The lowest BCUT2D eigenvalue weighted by molar-refractivity contribution is -0.190. The van der Waals surface area contributed by atoms with Gasteiger partial charge in [-0.1, -0.05) is 0 Å². The maximum Gasteiger partial charge on any atom is 0.158 e. The molecule has 0 bridgehead atoms. The molecule has 48 valence electrons. The van der Waals surface area contributed by atoms with Crippen molar-refractivity contribution in [2.24, 2.45) is 0 Å². The van der Waals surface area contributed by atoms with E-state index in [1.807, 2.05) is 0 Å². The Morgan fingerprint density at radius 3 is 2.88 bits per heavy atom. The highest BCUT2D eigenvalue weighted by molar-refractivity contribution is 8.17. The predicted molar refractivity (Wildman–Crippen MR) is 31.2 cm³/mol. The molecule has 0 aromatic rings. The third-order valence-corrected chi connectivity index (χ3v) is 0.638. The van der Waals surface area contributed by atoms with Crippen LogP contribution >= 0.6 is 21.9 Å². The molecule has 0 aromatic carbocycles. The molecule has 5 heteroatoms. The van der Waals surface area contributed by atoms with Crippen molar-refractivity contribution in [2.75, 3.05) is 6.61 Å². The maximum atomic E-state index is 10.1. The van der Waals surface area contributed by atoms with Crippen molar-refractivity contribution in [1.29, 1.82) is 0 Å². The predicted octanol–water partition coefficient (Wildman–Crippen LogP) is 1.33. The molecule has 0 saturated carbocycles. The van der Waals surface area contributed by atoms with E-state index in [1.165, 1.54) is 6.92 Å². The van der Waals surface area contributed by atoms with Gasteiger partial charge in [0.05, 0.1) is 0 Å². The minimum atomic E-state index is -0.101. The number of carbonyl (C=O) groups is 1. The van der Waals surface area contributed by atoms with E-state index < -0.39 is 0 Å². The van der Waals surface area contributed by atoms with Crippen LogP contribution in [0.5, 0.6) is 0 Å². The monoisotopic (exact) mass is 156 g/mol. The molecular formula is C3H5ClO3S. The van der Waals surface area contributed by atoms with Crippen molar-refractivity contribution in [3.05, 3.63) is 0 Å². The first-order valence-corrected chi connectivity index (χ1v) is 3.40. The average Bonchev–Trinajstić information content (AvgIpc) is 1.66. The number of hydrogen-bond acceptors (Lipinski definition) is 4. The van der Waals surface area contributed by atoms with Crippen LogP contribution in [0.1, 0.15) is 6.92 Å². The van der Waals surface area contributed by atoms with E-state index in [0.29, 0.717) is 11.3 Å². The Kier molecular flexibility index (Phi) is 5.52. The molecule has 0 spiro atoms. The van der Waals surface area contributed by atoms with E-state index in [-0.39, 0.29) is 12.4 Å². The maximum absolute atomic E-state index is 10.1. The van der Waals surface area contributed by atoms with Gasteiger partial charge in [-0.2, -0.15) is 0 Å². The van der Waals surface area contributed by atoms with Gasteiger partial charge in [0.15, 0.2) is 5.78 Å². The van der Waals surface area contributed by atoms with Gasteiger partial charge in [-0.15, -0.1) is 4.33 Å². The lowest BCUT2D eigenvalue weighted by Crippen LogP contribution is -2.00. The van der Waals surface area contributed by atoms with Crippen molar-refractivity contribution in [3.8, 4) is 0 Å². The van der Waals surface area contributed by atoms with Gasteiger partial charge < -0.3 is 0 Å². The fraction of sp³-hybridized carbons (Fsp3) is 0.667. The second kappa shape index (κ2) is 5.37. The number of hydrogen-bond donors (Lipinski definition) is 0. The molecule has 8 heavy (non-hydrogen) atoms. The van der Waals surface area contributed by atoms with Crippen LogP contribution in [0.2, 0.25) is 0 Å². The van der Waals surface area contributed by atoms with Crippen LogP contribution in [-0.4, -0.2) is 12.4 Å². The zero-order valence-electron chi connectivity index (χ0n) is 4.22. The highest BCUT2D eigenvalue weighted by Crippen LogP contribution is 2.06. The summed E-state index contributed by atoms with van der Waals surface area (Å²) in [6.07, 6.45) is 0. The molecule has 0 atom stereocenters. The van der Waals surface area contributed by atoms with Gasteiger partial charge in [0.25, 0.3) is 0 Å².